The molecule has 9 heteroatoms. The zero-order valence-electron chi connectivity index (χ0n) is 22.0. The van der Waals surface area contributed by atoms with E-state index in [1.54, 1.807) is 11.3 Å². The Labute approximate surface area is 221 Å². The fourth-order valence-electron chi connectivity index (χ4n) is 4.53. The molecule has 1 aliphatic heterocycles. The van der Waals surface area contributed by atoms with E-state index in [0.717, 1.165) is 52.7 Å². The maximum atomic E-state index is 10.5. The normalized spacial score (nSPS) is 16.4. The van der Waals surface area contributed by atoms with Gasteiger partial charge in [-0.3, -0.25) is 9.80 Å². The second-order valence-electron chi connectivity index (χ2n) is 10.7. The van der Waals surface area contributed by atoms with Gasteiger partial charge < -0.3 is 14.4 Å². The number of benzene rings is 2. The Morgan fingerprint density at radius 1 is 1.03 bits per heavy atom. The summed E-state index contributed by atoms with van der Waals surface area (Å²) < 4.78 is 12.5. The van der Waals surface area contributed by atoms with Gasteiger partial charge in [-0.05, 0) is 30.0 Å². The fourth-order valence-corrected chi connectivity index (χ4v) is 5.34. The first-order valence-electron chi connectivity index (χ1n) is 12.8. The molecule has 0 unspecified atom stereocenters. The van der Waals surface area contributed by atoms with Crippen molar-refractivity contribution >= 4 is 21.6 Å². The second kappa shape index (κ2) is 10.9. The number of rotatable bonds is 8. The van der Waals surface area contributed by atoms with Crippen molar-refractivity contribution < 1.29 is 14.4 Å². The van der Waals surface area contributed by atoms with E-state index in [2.05, 4.69) is 70.0 Å². The van der Waals surface area contributed by atoms with Gasteiger partial charge in [0.25, 0.3) is 0 Å². The molecule has 5 rings (SSSR count). The predicted octanol–water partition coefficient (Wildman–Crippen LogP) is 4.51. The lowest BCUT2D eigenvalue weighted by Crippen LogP contribution is -2.48. The number of piperazine rings is 1. The molecule has 196 valence electrons. The molecule has 1 aliphatic rings. The van der Waals surface area contributed by atoms with E-state index in [-0.39, 0.29) is 12.0 Å². The van der Waals surface area contributed by atoms with E-state index in [9.17, 15) is 5.11 Å². The minimum Gasteiger partial charge on any atom is -0.491 e. The molecule has 3 heterocycles. The summed E-state index contributed by atoms with van der Waals surface area (Å²) >= 11 is 1.67. The summed E-state index contributed by atoms with van der Waals surface area (Å²) in [6.07, 6.45) is -0.553. The van der Waals surface area contributed by atoms with Crippen LogP contribution in [0.2, 0.25) is 0 Å². The zero-order chi connectivity index (χ0) is 26.0. The Morgan fingerprint density at radius 2 is 1.76 bits per heavy atom. The fraction of sp³-hybridized carbons (Fsp3) is 0.464. The molecule has 37 heavy (non-hydrogen) atoms. The topological polar surface area (TPSA) is 87.8 Å². The lowest BCUT2D eigenvalue weighted by Gasteiger charge is -2.34. The highest BCUT2D eigenvalue weighted by Crippen LogP contribution is 2.26. The van der Waals surface area contributed by atoms with Crippen LogP contribution in [-0.4, -0.2) is 75.5 Å². The van der Waals surface area contributed by atoms with Crippen molar-refractivity contribution in [3.63, 3.8) is 0 Å². The predicted molar refractivity (Wildman–Crippen MR) is 146 cm³/mol. The molecule has 0 saturated carbocycles. The van der Waals surface area contributed by atoms with Crippen LogP contribution in [0.4, 0.5) is 0 Å². The van der Waals surface area contributed by atoms with E-state index in [1.807, 2.05) is 25.1 Å². The van der Waals surface area contributed by atoms with Crippen molar-refractivity contribution in [3.05, 3.63) is 58.9 Å². The van der Waals surface area contributed by atoms with Gasteiger partial charge in [-0.1, -0.05) is 50.2 Å². The number of aliphatic hydroxyl groups excluding tert-OH is 1. The van der Waals surface area contributed by atoms with Gasteiger partial charge in [0.15, 0.2) is 0 Å². The van der Waals surface area contributed by atoms with E-state index in [1.165, 1.54) is 5.56 Å². The summed E-state index contributed by atoms with van der Waals surface area (Å²) in [4.78, 5) is 13.7. The number of aryl methyl sites for hydroxylation is 1. The van der Waals surface area contributed by atoms with Gasteiger partial charge in [-0.25, -0.2) is 4.98 Å². The molecule has 1 saturated heterocycles. The van der Waals surface area contributed by atoms with Crippen molar-refractivity contribution in [2.45, 2.75) is 45.8 Å². The van der Waals surface area contributed by atoms with Gasteiger partial charge in [-0.2, -0.15) is 4.98 Å². The van der Waals surface area contributed by atoms with Gasteiger partial charge in [0.1, 0.15) is 18.5 Å². The van der Waals surface area contributed by atoms with E-state index in [0.29, 0.717) is 24.8 Å². The third-order valence-corrected chi connectivity index (χ3v) is 7.63. The lowest BCUT2D eigenvalue weighted by molar-refractivity contribution is 0.0426. The molecule has 1 atom stereocenters. The largest absolute Gasteiger partial charge is 0.491 e. The molecule has 1 fully saturated rings. The Hall–Kier alpha value is -2.85. The van der Waals surface area contributed by atoms with Crippen LogP contribution in [0.15, 0.2) is 47.0 Å². The first-order chi connectivity index (χ1) is 17.7. The summed E-state index contributed by atoms with van der Waals surface area (Å²) in [5, 5.41) is 15.8. The lowest BCUT2D eigenvalue weighted by atomic mass is 9.87. The van der Waals surface area contributed by atoms with Crippen molar-refractivity contribution in [1.82, 2.24) is 24.9 Å². The van der Waals surface area contributed by atoms with Gasteiger partial charge in [0, 0.05) is 44.4 Å². The van der Waals surface area contributed by atoms with Crippen LogP contribution in [0.5, 0.6) is 5.75 Å². The molecule has 2 aromatic heterocycles. The van der Waals surface area contributed by atoms with Crippen LogP contribution < -0.4 is 4.74 Å². The Balaban J connectivity index is 1.06. The summed E-state index contributed by atoms with van der Waals surface area (Å²) in [6.45, 7) is 13.6. The van der Waals surface area contributed by atoms with Crippen LogP contribution >= 0.6 is 11.3 Å². The molecule has 0 aliphatic carbocycles. The number of aromatic nitrogens is 3. The van der Waals surface area contributed by atoms with Crippen molar-refractivity contribution in [1.29, 1.82) is 0 Å². The molecule has 0 amide bonds. The number of fused-ring (bicyclic) bond motifs is 1. The SMILES string of the molecule is Cc1nc2cc(OC[C@H](O)CN3CCN(Cc4nc(-c5ccc(C(C)(C)C)cc5)no4)CC3)ccc2s1. The van der Waals surface area contributed by atoms with Crippen LogP contribution in [0.25, 0.3) is 21.6 Å². The van der Waals surface area contributed by atoms with Crippen molar-refractivity contribution in [2.24, 2.45) is 0 Å². The van der Waals surface area contributed by atoms with Gasteiger partial charge in [0.05, 0.1) is 21.8 Å². The minimum absolute atomic E-state index is 0.113. The zero-order valence-corrected chi connectivity index (χ0v) is 22.8. The molecule has 8 nitrogen and oxygen atoms in total. The first kappa shape index (κ1) is 25.8. The maximum Gasteiger partial charge on any atom is 0.241 e. The van der Waals surface area contributed by atoms with Gasteiger partial charge in [-0.15, -0.1) is 11.3 Å². The number of hydrogen-bond donors (Lipinski definition) is 1. The Bertz CT molecular complexity index is 1320. The number of aliphatic hydroxyl groups is 1. The highest BCUT2D eigenvalue weighted by atomic mass is 32.1. The summed E-state index contributed by atoms with van der Waals surface area (Å²) in [5.74, 6) is 2.00. The average Bonchev–Trinajstić information content (AvgIpc) is 3.49. The second-order valence-corrected chi connectivity index (χ2v) is 12.0. The van der Waals surface area contributed by atoms with E-state index < -0.39 is 6.10 Å². The molecule has 2 aromatic carbocycles. The standard InChI is InChI=1S/C28H35N5O3S/c1-19-29-24-15-23(9-10-25(24)37-19)35-18-22(34)16-32-11-13-33(14-12-32)17-26-30-27(31-36-26)20-5-7-21(8-6-20)28(2,3)4/h5-10,15,22,34H,11-14,16-18H2,1-4H3/t22-/m1/s1. The van der Waals surface area contributed by atoms with Crippen LogP contribution in [0.3, 0.4) is 0 Å². The third kappa shape index (κ3) is 6.54. The number of ether oxygens (including phenoxy) is 1. The molecule has 0 bridgehead atoms. The highest BCUT2D eigenvalue weighted by molar-refractivity contribution is 7.18. The smallest absolute Gasteiger partial charge is 0.241 e. The van der Waals surface area contributed by atoms with Crippen molar-refractivity contribution in [3.8, 4) is 17.1 Å². The van der Waals surface area contributed by atoms with E-state index >= 15 is 0 Å². The third-order valence-electron chi connectivity index (χ3n) is 6.68. The number of thiazole rings is 1. The Morgan fingerprint density at radius 3 is 2.49 bits per heavy atom. The first-order valence-corrected chi connectivity index (χ1v) is 13.6. The molecule has 0 spiro atoms. The molecule has 0 radical (unpaired) electrons. The quantitative estimate of drug-likeness (QED) is 0.362. The van der Waals surface area contributed by atoms with Crippen LogP contribution in [0, 0.1) is 6.92 Å². The van der Waals surface area contributed by atoms with Crippen molar-refractivity contribution in [2.75, 3.05) is 39.3 Å². The molecular formula is C28H35N5O3S. The van der Waals surface area contributed by atoms with Crippen LogP contribution in [0.1, 0.15) is 37.2 Å². The van der Waals surface area contributed by atoms with Gasteiger partial charge in [0.2, 0.25) is 11.7 Å². The molecule has 4 aromatic rings. The summed E-state index contributed by atoms with van der Waals surface area (Å²) in [5.41, 5.74) is 3.30. The number of nitrogens with zero attached hydrogens (tertiary/aromatic N) is 5. The molecular weight excluding hydrogens is 486 g/mol. The number of hydrogen-bond acceptors (Lipinski definition) is 9. The Kier molecular flexibility index (Phi) is 7.57. The summed E-state index contributed by atoms with van der Waals surface area (Å²) in [6, 6.07) is 14.3. The average molecular weight is 522 g/mol. The molecule has 1 N–H and O–H groups in total. The number of β-amino-alcohol motifs (C(OH)–C–C–N with tert-alkyl or cyclic N) is 1. The summed E-state index contributed by atoms with van der Waals surface area (Å²) in [7, 11) is 0. The van der Waals surface area contributed by atoms with Crippen LogP contribution in [-0.2, 0) is 12.0 Å². The maximum absolute atomic E-state index is 10.5. The monoisotopic (exact) mass is 521 g/mol. The van der Waals surface area contributed by atoms with Gasteiger partial charge >= 0.3 is 0 Å². The highest BCUT2D eigenvalue weighted by Gasteiger charge is 2.22. The van der Waals surface area contributed by atoms with E-state index in [4.69, 9.17) is 9.26 Å². The minimum atomic E-state index is -0.553.